The van der Waals surface area contributed by atoms with Crippen LogP contribution >= 0.6 is 11.6 Å². The topological polar surface area (TPSA) is 46.6 Å². The van der Waals surface area contributed by atoms with Crippen LogP contribution in [-0.2, 0) is 9.53 Å². The highest BCUT2D eigenvalue weighted by molar-refractivity contribution is 6.31. The minimum absolute atomic E-state index is 0.151. The second-order valence-corrected chi connectivity index (χ2v) is 5.13. The Labute approximate surface area is 123 Å². The Morgan fingerprint density at radius 3 is 2.50 bits per heavy atom. The molecule has 0 bridgehead atoms. The van der Waals surface area contributed by atoms with Crippen LogP contribution in [0.25, 0.3) is 0 Å². The minimum atomic E-state index is -0.664. The third kappa shape index (κ3) is 2.85. The largest absolute Gasteiger partial charge is 0.427 e. The summed E-state index contributed by atoms with van der Waals surface area (Å²) in [5.41, 5.74) is 1.27. The van der Waals surface area contributed by atoms with Gasteiger partial charge in [0.05, 0.1) is 5.69 Å². The molecule has 0 atom stereocenters. The maximum atomic E-state index is 12.3. The van der Waals surface area contributed by atoms with Crippen molar-refractivity contribution in [2.75, 3.05) is 4.90 Å². The lowest BCUT2D eigenvalue weighted by Crippen LogP contribution is -2.28. The standard InChI is InChI=1S/C15H16ClNO3/c1-3-4-5-10(2)13-14(18)17(15(19)20-13)12-8-6-11(16)7-9-12/h6-9H,3-5H2,1-2H3/b13-10+. The van der Waals surface area contributed by atoms with E-state index in [2.05, 4.69) is 6.92 Å². The molecule has 0 unspecified atom stereocenters. The molecule has 4 nitrogen and oxygen atoms in total. The van der Waals surface area contributed by atoms with Crippen LogP contribution in [-0.4, -0.2) is 12.0 Å². The molecule has 1 aromatic carbocycles. The number of rotatable bonds is 4. The number of amides is 2. The molecule has 0 aliphatic carbocycles. The van der Waals surface area contributed by atoms with Crippen molar-refractivity contribution in [3.05, 3.63) is 40.6 Å². The first-order chi connectivity index (χ1) is 9.54. The highest BCUT2D eigenvalue weighted by atomic mass is 35.5. The van der Waals surface area contributed by atoms with Gasteiger partial charge in [0.15, 0.2) is 5.76 Å². The van der Waals surface area contributed by atoms with E-state index in [1.807, 2.05) is 6.92 Å². The molecule has 0 aromatic heterocycles. The number of carbonyl (C=O) groups is 2. The lowest BCUT2D eigenvalue weighted by atomic mass is 10.1. The van der Waals surface area contributed by atoms with Crippen molar-refractivity contribution in [1.29, 1.82) is 0 Å². The number of imide groups is 1. The molecule has 5 heteroatoms. The van der Waals surface area contributed by atoms with Crippen LogP contribution in [0.5, 0.6) is 0 Å². The van der Waals surface area contributed by atoms with Crippen molar-refractivity contribution >= 4 is 29.3 Å². The van der Waals surface area contributed by atoms with E-state index in [0.29, 0.717) is 10.7 Å². The van der Waals surface area contributed by atoms with Crippen molar-refractivity contribution < 1.29 is 14.3 Å². The molecule has 1 aliphatic heterocycles. The maximum Gasteiger partial charge on any atom is 0.427 e. The molecule has 20 heavy (non-hydrogen) atoms. The van der Waals surface area contributed by atoms with Gasteiger partial charge in [0, 0.05) is 5.02 Å². The van der Waals surface area contributed by atoms with Crippen LogP contribution in [0.4, 0.5) is 10.5 Å². The van der Waals surface area contributed by atoms with Crippen molar-refractivity contribution in [2.45, 2.75) is 33.1 Å². The van der Waals surface area contributed by atoms with E-state index in [0.717, 1.165) is 29.7 Å². The van der Waals surface area contributed by atoms with E-state index in [1.54, 1.807) is 24.3 Å². The number of ether oxygens (including phenoxy) is 1. The maximum absolute atomic E-state index is 12.3. The first-order valence-corrected chi connectivity index (χ1v) is 6.94. The molecule has 1 aliphatic rings. The molecule has 106 valence electrons. The van der Waals surface area contributed by atoms with Gasteiger partial charge in [0.1, 0.15) is 0 Å². The third-order valence-electron chi connectivity index (χ3n) is 3.15. The number of halogens is 1. The average Bonchev–Trinajstić information content (AvgIpc) is 2.73. The molecule has 0 saturated carbocycles. The van der Waals surface area contributed by atoms with Crippen LogP contribution in [0.1, 0.15) is 33.1 Å². The van der Waals surface area contributed by atoms with E-state index in [4.69, 9.17) is 16.3 Å². The van der Waals surface area contributed by atoms with Crippen LogP contribution in [0.3, 0.4) is 0 Å². The Kier molecular flexibility index (Phi) is 4.45. The van der Waals surface area contributed by atoms with Gasteiger partial charge in [-0.3, -0.25) is 4.79 Å². The zero-order chi connectivity index (χ0) is 14.7. The second kappa shape index (κ2) is 6.09. The summed E-state index contributed by atoms with van der Waals surface area (Å²) < 4.78 is 5.11. The number of hydrogen-bond acceptors (Lipinski definition) is 3. The Hall–Kier alpha value is -1.81. The molecule has 1 heterocycles. The van der Waals surface area contributed by atoms with Gasteiger partial charge < -0.3 is 4.74 Å². The van der Waals surface area contributed by atoms with Gasteiger partial charge in [-0.15, -0.1) is 0 Å². The molecule has 2 rings (SSSR count). The van der Waals surface area contributed by atoms with E-state index in [9.17, 15) is 9.59 Å². The highest BCUT2D eigenvalue weighted by Crippen LogP contribution is 2.28. The average molecular weight is 294 g/mol. The van der Waals surface area contributed by atoms with Gasteiger partial charge in [0.2, 0.25) is 0 Å². The molecule has 0 N–H and O–H groups in total. The Balaban J connectivity index is 2.27. The van der Waals surface area contributed by atoms with Crippen molar-refractivity contribution in [1.82, 2.24) is 0 Å². The summed E-state index contributed by atoms with van der Waals surface area (Å²) in [6.07, 6.45) is 2.07. The molecule has 1 saturated heterocycles. The van der Waals surface area contributed by atoms with Crippen molar-refractivity contribution in [3.63, 3.8) is 0 Å². The number of benzene rings is 1. The fourth-order valence-electron chi connectivity index (χ4n) is 2.00. The number of unbranched alkanes of at least 4 members (excludes halogenated alkanes) is 1. The number of cyclic esters (lactones) is 1. The normalized spacial score (nSPS) is 17.4. The predicted octanol–water partition coefficient (Wildman–Crippen LogP) is 4.29. The van der Waals surface area contributed by atoms with Gasteiger partial charge in [0.25, 0.3) is 0 Å². The fraction of sp³-hybridized carbons (Fsp3) is 0.333. The molecule has 1 aromatic rings. The summed E-state index contributed by atoms with van der Waals surface area (Å²) in [4.78, 5) is 25.2. The Morgan fingerprint density at radius 1 is 1.25 bits per heavy atom. The number of allylic oxidation sites excluding steroid dienone is 1. The van der Waals surface area contributed by atoms with Gasteiger partial charge in [-0.25, -0.2) is 9.69 Å². The summed E-state index contributed by atoms with van der Waals surface area (Å²) in [5, 5.41) is 0.545. The van der Waals surface area contributed by atoms with Crippen LogP contribution in [0, 0.1) is 0 Å². The number of hydrogen-bond donors (Lipinski definition) is 0. The fourth-order valence-corrected chi connectivity index (χ4v) is 2.13. The van der Waals surface area contributed by atoms with Crippen molar-refractivity contribution in [2.24, 2.45) is 0 Å². The van der Waals surface area contributed by atoms with Gasteiger partial charge in [-0.2, -0.15) is 0 Å². The summed E-state index contributed by atoms with van der Waals surface area (Å²) >= 11 is 5.80. The quantitative estimate of drug-likeness (QED) is 0.778. The zero-order valence-electron chi connectivity index (χ0n) is 11.5. The SMILES string of the molecule is CCCC/C(C)=C1/OC(=O)N(c2ccc(Cl)cc2)C1=O. The summed E-state index contributed by atoms with van der Waals surface area (Å²) in [5.74, 6) is -0.260. The molecule has 0 spiro atoms. The van der Waals surface area contributed by atoms with Crippen LogP contribution < -0.4 is 4.90 Å². The Bertz CT molecular complexity index is 563. The summed E-state index contributed by atoms with van der Waals surface area (Å²) in [6.45, 7) is 3.89. The second-order valence-electron chi connectivity index (χ2n) is 4.70. The van der Waals surface area contributed by atoms with E-state index < -0.39 is 12.0 Å². The smallest absolute Gasteiger partial charge is 0.404 e. The summed E-state index contributed by atoms with van der Waals surface area (Å²) in [6, 6.07) is 6.49. The Morgan fingerprint density at radius 2 is 1.90 bits per heavy atom. The van der Waals surface area contributed by atoms with E-state index >= 15 is 0 Å². The third-order valence-corrected chi connectivity index (χ3v) is 3.40. The van der Waals surface area contributed by atoms with E-state index in [1.165, 1.54) is 0 Å². The number of anilines is 1. The van der Waals surface area contributed by atoms with Gasteiger partial charge in [-0.1, -0.05) is 24.9 Å². The monoisotopic (exact) mass is 293 g/mol. The first kappa shape index (κ1) is 14.6. The number of carbonyl (C=O) groups excluding carboxylic acids is 2. The zero-order valence-corrected chi connectivity index (χ0v) is 12.2. The lowest BCUT2D eigenvalue weighted by Gasteiger charge is -2.09. The van der Waals surface area contributed by atoms with Gasteiger partial charge in [-0.05, 0) is 49.6 Å². The molecular weight excluding hydrogens is 278 g/mol. The van der Waals surface area contributed by atoms with Crippen molar-refractivity contribution in [3.8, 4) is 0 Å². The molecule has 2 amide bonds. The first-order valence-electron chi connectivity index (χ1n) is 6.56. The minimum Gasteiger partial charge on any atom is -0.404 e. The summed E-state index contributed by atoms with van der Waals surface area (Å²) in [7, 11) is 0. The van der Waals surface area contributed by atoms with Crippen LogP contribution in [0.15, 0.2) is 35.6 Å². The number of nitrogens with zero attached hydrogens (tertiary/aromatic N) is 1. The molecule has 1 fully saturated rings. The predicted molar refractivity (Wildman–Crippen MR) is 77.6 cm³/mol. The lowest BCUT2D eigenvalue weighted by molar-refractivity contribution is -0.114. The van der Waals surface area contributed by atoms with Crippen LogP contribution in [0.2, 0.25) is 5.02 Å². The van der Waals surface area contributed by atoms with Gasteiger partial charge >= 0.3 is 12.0 Å². The highest BCUT2D eigenvalue weighted by Gasteiger charge is 2.38. The van der Waals surface area contributed by atoms with E-state index in [-0.39, 0.29) is 5.76 Å². The molecular formula is C15H16ClNO3. The molecule has 0 radical (unpaired) electrons.